The van der Waals surface area contributed by atoms with Crippen LogP contribution in [0, 0.1) is 5.92 Å². The molecule has 1 saturated carbocycles. The van der Waals surface area contributed by atoms with Crippen molar-refractivity contribution in [3.63, 3.8) is 0 Å². The first-order chi connectivity index (χ1) is 11.1. The molecule has 128 valence electrons. The molecule has 1 amide bonds. The molecule has 3 N–H and O–H groups in total. The summed E-state index contributed by atoms with van der Waals surface area (Å²) in [5, 5.41) is 3.15. The number of ether oxygens (including phenoxy) is 1. The Morgan fingerprint density at radius 2 is 1.96 bits per heavy atom. The number of amides is 1. The van der Waals surface area contributed by atoms with Gasteiger partial charge >= 0.3 is 0 Å². The van der Waals surface area contributed by atoms with Gasteiger partial charge in [-0.3, -0.25) is 4.79 Å². The molecule has 1 fully saturated rings. The average molecular weight is 318 g/mol. The summed E-state index contributed by atoms with van der Waals surface area (Å²) in [7, 11) is 0. The van der Waals surface area contributed by atoms with Gasteiger partial charge in [0, 0.05) is 18.2 Å². The van der Waals surface area contributed by atoms with Crippen LogP contribution in [0.3, 0.4) is 0 Å². The second kappa shape index (κ2) is 8.92. The third kappa shape index (κ3) is 5.54. The van der Waals surface area contributed by atoms with Gasteiger partial charge in [0.2, 0.25) is 5.91 Å². The quantitative estimate of drug-likeness (QED) is 0.812. The summed E-state index contributed by atoms with van der Waals surface area (Å²) in [5.74, 6) is 1.35. The molecule has 0 bridgehead atoms. The molecule has 0 saturated heterocycles. The minimum Gasteiger partial charge on any atom is -0.491 e. The Bertz CT molecular complexity index is 496. The molecule has 23 heavy (non-hydrogen) atoms. The van der Waals surface area contributed by atoms with Crippen molar-refractivity contribution in [2.45, 2.75) is 64.5 Å². The van der Waals surface area contributed by atoms with Crippen LogP contribution < -0.4 is 15.8 Å². The fourth-order valence-corrected chi connectivity index (χ4v) is 3.36. The topological polar surface area (TPSA) is 64.3 Å². The molecule has 0 heterocycles. The fraction of sp³-hybridized carbons (Fsp3) is 0.632. The highest BCUT2D eigenvalue weighted by atomic mass is 16.5. The summed E-state index contributed by atoms with van der Waals surface area (Å²) in [6.45, 7) is 4.50. The van der Waals surface area contributed by atoms with Crippen molar-refractivity contribution in [2.24, 2.45) is 11.7 Å². The molecule has 0 aliphatic heterocycles. The molecule has 1 atom stereocenters. The molecule has 4 heteroatoms. The molecular formula is C19H30N2O2. The smallest absolute Gasteiger partial charge is 0.224 e. The Hall–Kier alpha value is -1.55. The van der Waals surface area contributed by atoms with Crippen LogP contribution in [-0.2, 0) is 11.2 Å². The molecule has 0 radical (unpaired) electrons. The Morgan fingerprint density at radius 3 is 2.61 bits per heavy atom. The van der Waals surface area contributed by atoms with Gasteiger partial charge in [-0.15, -0.1) is 0 Å². The lowest BCUT2D eigenvalue weighted by Crippen LogP contribution is -2.46. The van der Waals surface area contributed by atoms with E-state index in [2.05, 4.69) is 5.32 Å². The van der Waals surface area contributed by atoms with Crippen molar-refractivity contribution in [2.75, 3.05) is 6.54 Å². The van der Waals surface area contributed by atoms with E-state index in [0.29, 0.717) is 18.9 Å². The summed E-state index contributed by atoms with van der Waals surface area (Å²) < 4.78 is 5.79. The first-order valence-electron chi connectivity index (χ1n) is 8.84. The van der Waals surface area contributed by atoms with Crippen molar-refractivity contribution >= 4 is 5.91 Å². The lowest BCUT2D eigenvalue weighted by Gasteiger charge is -2.30. The maximum atomic E-state index is 12.4. The predicted octanol–water partition coefficient (Wildman–Crippen LogP) is 3.04. The van der Waals surface area contributed by atoms with E-state index in [1.807, 2.05) is 38.1 Å². The van der Waals surface area contributed by atoms with Crippen molar-refractivity contribution < 1.29 is 9.53 Å². The summed E-state index contributed by atoms with van der Waals surface area (Å²) in [6, 6.07) is 7.85. The van der Waals surface area contributed by atoms with Crippen LogP contribution in [0.2, 0.25) is 0 Å². The highest BCUT2D eigenvalue weighted by Gasteiger charge is 2.24. The summed E-state index contributed by atoms with van der Waals surface area (Å²) in [4.78, 5) is 12.4. The van der Waals surface area contributed by atoms with Crippen LogP contribution in [0.5, 0.6) is 5.75 Å². The number of carbonyl (C=O) groups excluding carboxylic acids is 1. The van der Waals surface area contributed by atoms with Gasteiger partial charge in [0.25, 0.3) is 0 Å². The monoisotopic (exact) mass is 318 g/mol. The van der Waals surface area contributed by atoms with Gasteiger partial charge in [0.15, 0.2) is 0 Å². The zero-order valence-electron chi connectivity index (χ0n) is 14.4. The fourth-order valence-electron chi connectivity index (χ4n) is 3.36. The average Bonchev–Trinajstić information content (AvgIpc) is 2.55. The van der Waals surface area contributed by atoms with Gasteiger partial charge in [-0.05, 0) is 38.7 Å². The van der Waals surface area contributed by atoms with E-state index in [1.165, 1.54) is 32.1 Å². The van der Waals surface area contributed by atoms with Gasteiger partial charge in [-0.25, -0.2) is 0 Å². The maximum absolute atomic E-state index is 12.4. The Labute approximate surface area is 139 Å². The first kappa shape index (κ1) is 17.8. The highest BCUT2D eigenvalue weighted by molar-refractivity contribution is 5.79. The highest BCUT2D eigenvalue weighted by Crippen LogP contribution is 2.26. The maximum Gasteiger partial charge on any atom is 0.224 e. The number of carbonyl (C=O) groups is 1. The normalized spacial score (nSPS) is 17.0. The molecule has 0 aromatic heterocycles. The van der Waals surface area contributed by atoms with Crippen LogP contribution in [0.15, 0.2) is 24.3 Å². The second-order valence-electron chi connectivity index (χ2n) is 6.76. The molecule has 2 rings (SSSR count). The van der Waals surface area contributed by atoms with Gasteiger partial charge in [0.1, 0.15) is 5.75 Å². The lowest BCUT2D eigenvalue weighted by molar-refractivity contribution is -0.121. The summed E-state index contributed by atoms with van der Waals surface area (Å²) in [6.07, 6.45) is 6.60. The van der Waals surface area contributed by atoms with E-state index in [4.69, 9.17) is 10.5 Å². The van der Waals surface area contributed by atoms with E-state index in [9.17, 15) is 4.79 Å². The molecule has 4 nitrogen and oxygen atoms in total. The number of benzene rings is 1. The minimum absolute atomic E-state index is 0.0332. The number of rotatable bonds is 7. The largest absolute Gasteiger partial charge is 0.491 e. The van der Waals surface area contributed by atoms with Crippen molar-refractivity contribution in [3.05, 3.63) is 29.8 Å². The van der Waals surface area contributed by atoms with Crippen molar-refractivity contribution in [3.8, 4) is 5.75 Å². The molecule has 1 unspecified atom stereocenters. The second-order valence-corrected chi connectivity index (χ2v) is 6.76. The molecular weight excluding hydrogens is 288 g/mol. The molecule has 1 aromatic rings. The summed E-state index contributed by atoms with van der Waals surface area (Å²) >= 11 is 0. The third-order valence-electron chi connectivity index (χ3n) is 4.51. The Balaban J connectivity index is 1.95. The molecule has 1 aliphatic rings. The van der Waals surface area contributed by atoms with Crippen LogP contribution in [-0.4, -0.2) is 24.6 Å². The zero-order valence-corrected chi connectivity index (χ0v) is 14.4. The number of nitrogens with one attached hydrogen (secondary N) is 1. The van der Waals surface area contributed by atoms with Crippen molar-refractivity contribution in [1.29, 1.82) is 0 Å². The zero-order chi connectivity index (χ0) is 16.7. The van der Waals surface area contributed by atoms with E-state index >= 15 is 0 Å². The minimum atomic E-state index is 0.0332. The SMILES string of the molecule is CC(C)Oc1ccccc1CC(=O)NC(CN)C1CCCCC1. The van der Waals surface area contributed by atoms with Crippen molar-refractivity contribution in [1.82, 2.24) is 5.32 Å². The Kier molecular flexibility index (Phi) is 6.90. The van der Waals surface area contributed by atoms with Gasteiger partial charge in [-0.1, -0.05) is 37.5 Å². The molecule has 0 spiro atoms. The number of para-hydroxylation sites is 1. The van der Waals surface area contributed by atoms with Crippen LogP contribution in [0.25, 0.3) is 0 Å². The van der Waals surface area contributed by atoms with Gasteiger partial charge < -0.3 is 15.8 Å². The first-order valence-corrected chi connectivity index (χ1v) is 8.84. The summed E-state index contributed by atoms with van der Waals surface area (Å²) in [5.41, 5.74) is 6.83. The lowest BCUT2D eigenvalue weighted by atomic mass is 9.84. The van der Waals surface area contributed by atoms with Crippen LogP contribution in [0.1, 0.15) is 51.5 Å². The van der Waals surface area contributed by atoms with Crippen LogP contribution >= 0.6 is 0 Å². The van der Waals surface area contributed by atoms with Crippen LogP contribution in [0.4, 0.5) is 0 Å². The van der Waals surface area contributed by atoms with E-state index < -0.39 is 0 Å². The van der Waals surface area contributed by atoms with Gasteiger partial charge in [-0.2, -0.15) is 0 Å². The van der Waals surface area contributed by atoms with E-state index in [-0.39, 0.29) is 18.1 Å². The van der Waals surface area contributed by atoms with Gasteiger partial charge in [0.05, 0.1) is 12.5 Å². The molecule has 1 aliphatic carbocycles. The third-order valence-corrected chi connectivity index (χ3v) is 4.51. The van der Waals surface area contributed by atoms with E-state index in [1.54, 1.807) is 0 Å². The number of hydrogen-bond acceptors (Lipinski definition) is 3. The predicted molar refractivity (Wildman–Crippen MR) is 93.5 cm³/mol. The standard InChI is InChI=1S/C19H30N2O2/c1-14(2)23-18-11-7-6-10-16(18)12-19(22)21-17(13-20)15-8-4-3-5-9-15/h6-7,10-11,14-15,17H,3-5,8-9,12-13,20H2,1-2H3,(H,21,22). The Morgan fingerprint density at radius 1 is 1.26 bits per heavy atom. The number of hydrogen-bond donors (Lipinski definition) is 2. The number of nitrogens with two attached hydrogens (primary N) is 1. The molecule has 1 aromatic carbocycles. The van der Waals surface area contributed by atoms with E-state index in [0.717, 1.165) is 11.3 Å².